The van der Waals surface area contributed by atoms with Gasteiger partial charge in [0.05, 0.1) is 5.56 Å². The Morgan fingerprint density at radius 2 is 1.79 bits per heavy atom. The predicted molar refractivity (Wildman–Crippen MR) is 100 cm³/mol. The van der Waals surface area contributed by atoms with Crippen LogP contribution in [0.2, 0.25) is 0 Å². The first kappa shape index (κ1) is 20.2. The number of benzene rings is 2. The second-order valence-corrected chi connectivity index (χ2v) is 7.77. The summed E-state index contributed by atoms with van der Waals surface area (Å²) in [5.74, 6) is 0.220. The molecule has 1 unspecified atom stereocenters. The first-order chi connectivity index (χ1) is 13.1. The van der Waals surface area contributed by atoms with E-state index in [2.05, 4.69) is 0 Å². The summed E-state index contributed by atoms with van der Waals surface area (Å²) in [6.07, 6.45) is -3.72. The number of halogens is 3. The maximum atomic E-state index is 12.9. The fraction of sp³-hybridized carbons (Fsp3) is 0.381. The third-order valence-electron chi connectivity index (χ3n) is 5.08. The number of amides is 1. The Hall–Kier alpha value is -2.54. The van der Waals surface area contributed by atoms with Gasteiger partial charge in [0.15, 0.2) is 0 Å². The monoisotopic (exact) mass is 392 g/mol. The molecule has 150 valence electrons. The number of ether oxygens (including phenoxy) is 1. The van der Waals surface area contributed by atoms with Gasteiger partial charge >= 0.3 is 6.18 Å². The maximum Gasteiger partial charge on any atom is 0.416 e. The van der Waals surface area contributed by atoms with Crippen molar-refractivity contribution in [3.8, 4) is 11.5 Å². The lowest BCUT2D eigenvalue weighted by atomic mass is 9.79. The summed E-state index contributed by atoms with van der Waals surface area (Å²) in [7, 11) is 0. The van der Waals surface area contributed by atoms with Crippen molar-refractivity contribution in [3.63, 3.8) is 0 Å². The molecule has 1 atom stereocenters. The molecule has 3 rings (SSSR count). The largest absolute Gasteiger partial charge is 0.457 e. The average molecular weight is 392 g/mol. The van der Waals surface area contributed by atoms with Crippen molar-refractivity contribution in [2.24, 2.45) is 11.1 Å². The minimum atomic E-state index is -4.45. The molecule has 2 aromatic carbocycles. The summed E-state index contributed by atoms with van der Waals surface area (Å²) in [5.41, 5.74) is 5.59. The molecule has 4 nitrogen and oxygen atoms in total. The number of likely N-dealkylation sites (tertiary alicyclic amines) is 1. The number of nitrogens with two attached hydrogens (primary N) is 1. The third-order valence-corrected chi connectivity index (χ3v) is 5.08. The van der Waals surface area contributed by atoms with Gasteiger partial charge in [-0.25, -0.2) is 0 Å². The van der Waals surface area contributed by atoms with E-state index in [1.165, 1.54) is 12.1 Å². The first-order valence-corrected chi connectivity index (χ1v) is 9.06. The molecule has 1 amide bonds. The van der Waals surface area contributed by atoms with Gasteiger partial charge in [0.1, 0.15) is 11.5 Å². The minimum Gasteiger partial charge on any atom is -0.457 e. The molecular formula is C21H23F3N2O2. The Balaban J connectivity index is 1.77. The van der Waals surface area contributed by atoms with E-state index in [-0.39, 0.29) is 23.1 Å². The van der Waals surface area contributed by atoms with Gasteiger partial charge in [-0.1, -0.05) is 26.0 Å². The number of rotatable bonds is 3. The van der Waals surface area contributed by atoms with Crippen molar-refractivity contribution in [1.29, 1.82) is 0 Å². The summed E-state index contributed by atoms with van der Waals surface area (Å²) in [5, 5.41) is 0. The molecule has 1 aliphatic rings. The van der Waals surface area contributed by atoms with Crippen LogP contribution >= 0.6 is 0 Å². The molecule has 0 spiro atoms. The van der Waals surface area contributed by atoms with E-state index in [4.69, 9.17) is 10.5 Å². The van der Waals surface area contributed by atoms with E-state index in [9.17, 15) is 18.0 Å². The maximum absolute atomic E-state index is 12.9. The SMILES string of the molecule is CC1(C)CN(C(=O)c2cccc(Oc3cccc(C(F)(F)F)c3)c2)CCC1N. The summed E-state index contributed by atoms with van der Waals surface area (Å²) in [6.45, 7) is 5.18. The third kappa shape index (κ3) is 4.47. The zero-order chi connectivity index (χ0) is 20.5. The molecule has 0 aliphatic carbocycles. The Bertz CT molecular complexity index is 865. The Morgan fingerprint density at radius 1 is 1.14 bits per heavy atom. The van der Waals surface area contributed by atoms with Gasteiger partial charge in [0, 0.05) is 24.7 Å². The van der Waals surface area contributed by atoms with Crippen molar-refractivity contribution in [2.75, 3.05) is 13.1 Å². The van der Waals surface area contributed by atoms with E-state index >= 15 is 0 Å². The molecule has 1 saturated heterocycles. The summed E-state index contributed by atoms with van der Waals surface area (Å²) in [6, 6.07) is 11.1. The number of piperidine rings is 1. The lowest BCUT2D eigenvalue weighted by Gasteiger charge is -2.42. The predicted octanol–water partition coefficient (Wildman–Crippen LogP) is 4.70. The van der Waals surface area contributed by atoms with Gasteiger partial charge < -0.3 is 15.4 Å². The number of hydrogen-bond acceptors (Lipinski definition) is 3. The highest BCUT2D eigenvalue weighted by atomic mass is 19.4. The van der Waals surface area contributed by atoms with E-state index < -0.39 is 11.7 Å². The van der Waals surface area contributed by atoms with Gasteiger partial charge in [-0.15, -0.1) is 0 Å². The van der Waals surface area contributed by atoms with E-state index in [0.29, 0.717) is 24.4 Å². The van der Waals surface area contributed by atoms with Crippen molar-refractivity contribution >= 4 is 5.91 Å². The van der Waals surface area contributed by atoms with Crippen molar-refractivity contribution in [2.45, 2.75) is 32.5 Å². The zero-order valence-corrected chi connectivity index (χ0v) is 15.8. The minimum absolute atomic E-state index is 0.0344. The smallest absolute Gasteiger partial charge is 0.416 e. The number of nitrogens with zero attached hydrogens (tertiary/aromatic N) is 1. The average Bonchev–Trinajstić information content (AvgIpc) is 2.63. The van der Waals surface area contributed by atoms with Crippen LogP contribution in [0.5, 0.6) is 11.5 Å². The van der Waals surface area contributed by atoms with Crippen LogP contribution in [0.3, 0.4) is 0 Å². The van der Waals surface area contributed by atoms with Gasteiger partial charge in [-0.2, -0.15) is 13.2 Å². The van der Waals surface area contributed by atoms with Crippen molar-refractivity contribution in [1.82, 2.24) is 4.90 Å². The molecule has 0 radical (unpaired) electrons. The standard InChI is InChI=1S/C21H23F3N2O2/c1-20(2)13-26(10-9-18(20)25)19(27)14-5-3-7-16(11-14)28-17-8-4-6-15(12-17)21(22,23)24/h3-8,11-12,18H,9-10,13,25H2,1-2H3. The quantitative estimate of drug-likeness (QED) is 0.824. The van der Waals surface area contributed by atoms with E-state index in [1.54, 1.807) is 29.2 Å². The Morgan fingerprint density at radius 3 is 2.43 bits per heavy atom. The van der Waals surface area contributed by atoms with Gasteiger partial charge in [0.25, 0.3) is 5.91 Å². The second kappa shape index (κ2) is 7.47. The van der Waals surface area contributed by atoms with Crippen LogP contribution in [0.4, 0.5) is 13.2 Å². The van der Waals surface area contributed by atoms with Crippen LogP contribution in [0.25, 0.3) is 0 Å². The van der Waals surface area contributed by atoms with Gasteiger partial charge in [-0.05, 0) is 48.2 Å². The fourth-order valence-electron chi connectivity index (χ4n) is 3.29. The summed E-state index contributed by atoms with van der Waals surface area (Å²) < 4.78 is 44.1. The van der Waals surface area contributed by atoms with Crippen LogP contribution in [-0.2, 0) is 6.18 Å². The molecule has 1 heterocycles. The number of carbonyl (C=O) groups is 1. The Labute approximate surface area is 162 Å². The van der Waals surface area contributed by atoms with E-state index in [0.717, 1.165) is 18.6 Å². The fourth-order valence-corrected chi connectivity index (χ4v) is 3.29. The van der Waals surface area contributed by atoms with Crippen molar-refractivity contribution < 1.29 is 22.7 Å². The number of hydrogen-bond donors (Lipinski definition) is 1. The number of alkyl halides is 3. The second-order valence-electron chi connectivity index (χ2n) is 7.77. The molecule has 28 heavy (non-hydrogen) atoms. The molecule has 0 bridgehead atoms. The highest BCUT2D eigenvalue weighted by Crippen LogP contribution is 2.33. The number of carbonyl (C=O) groups excluding carboxylic acids is 1. The van der Waals surface area contributed by atoms with Crippen LogP contribution in [-0.4, -0.2) is 29.9 Å². The molecule has 0 saturated carbocycles. The molecule has 2 N–H and O–H groups in total. The zero-order valence-electron chi connectivity index (χ0n) is 15.8. The first-order valence-electron chi connectivity index (χ1n) is 9.06. The van der Waals surface area contributed by atoms with Gasteiger partial charge in [-0.3, -0.25) is 4.79 Å². The van der Waals surface area contributed by atoms with Crippen LogP contribution in [0.1, 0.15) is 36.2 Å². The van der Waals surface area contributed by atoms with Crippen molar-refractivity contribution in [3.05, 3.63) is 59.7 Å². The highest BCUT2D eigenvalue weighted by Gasteiger charge is 2.35. The molecule has 0 aromatic heterocycles. The molecule has 1 aliphatic heterocycles. The summed E-state index contributed by atoms with van der Waals surface area (Å²) >= 11 is 0. The summed E-state index contributed by atoms with van der Waals surface area (Å²) in [4.78, 5) is 14.6. The van der Waals surface area contributed by atoms with E-state index in [1.807, 2.05) is 13.8 Å². The molecular weight excluding hydrogens is 369 g/mol. The molecule has 2 aromatic rings. The molecule has 1 fully saturated rings. The lowest BCUT2D eigenvalue weighted by molar-refractivity contribution is -0.137. The normalized spacial score (nSPS) is 19.4. The Kier molecular flexibility index (Phi) is 5.39. The van der Waals surface area contributed by atoms with Crippen LogP contribution in [0.15, 0.2) is 48.5 Å². The molecule has 7 heteroatoms. The lowest BCUT2D eigenvalue weighted by Crippen LogP contribution is -2.53. The topological polar surface area (TPSA) is 55.6 Å². The highest BCUT2D eigenvalue weighted by molar-refractivity contribution is 5.94. The van der Waals surface area contributed by atoms with Crippen LogP contribution in [0, 0.1) is 5.41 Å². The van der Waals surface area contributed by atoms with Gasteiger partial charge in [0.2, 0.25) is 0 Å². The van der Waals surface area contributed by atoms with Crippen LogP contribution < -0.4 is 10.5 Å².